The van der Waals surface area contributed by atoms with Crippen LogP contribution in [0.25, 0.3) is 0 Å². The first kappa shape index (κ1) is 12.2. The lowest BCUT2D eigenvalue weighted by molar-refractivity contribution is -0.286. The Kier molecular flexibility index (Phi) is 2.78. The van der Waals surface area contributed by atoms with E-state index in [2.05, 4.69) is 14.8 Å². The van der Waals surface area contributed by atoms with Gasteiger partial charge in [0.15, 0.2) is 11.5 Å². The van der Waals surface area contributed by atoms with Crippen molar-refractivity contribution < 1.29 is 27.8 Å². The Labute approximate surface area is 107 Å². The van der Waals surface area contributed by atoms with Gasteiger partial charge in [0.05, 0.1) is 0 Å². The van der Waals surface area contributed by atoms with Gasteiger partial charge in [-0.25, -0.2) is 0 Å². The number of nitrogens with one attached hydrogen (secondary N) is 1. The molecule has 1 atom stereocenters. The van der Waals surface area contributed by atoms with Crippen LogP contribution >= 0.6 is 0 Å². The maximum absolute atomic E-state index is 12.8. The van der Waals surface area contributed by atoms with Gasteiger partial charge in [-0.15, -0.1) is 8.78 Å². The first-order chi connectivity index (χ1) is 9.03. The van der Waals surface area contributed by atoms with E-state index in [1.54, 1.807) is 0 Å². The lowest BCUT2D eigenvalue weighted by Crippen LogP contribution is -2.26. The maximum atomic E-state index is 12.8. The molecular weight excluding hydrogens is 260 g/mol. The SMILES string of the molecule is O=C(Nc1ccc2c(c1)OC(F)(F)O2)[C@H]1CCCO1. The Morgan fingerprint density at radius 2 is 2.11 bits per heavy atom. The van der Waals surface area contributed by atoms with E-state index in [4.69, 9.17) is 4.74 Å². The Morgan fingerprint density at radius 3 is 2.84 bits per heavy atom. The van der Waals surface area contributed by atoms with Crippen molar-refractivity contribution in [2.24, 2.45) is 0 Å². The number of carbonyl (C=O) groups is 1. The summed E-state index contributed by atoms with van der Waals surface area (Å²) in [6, 6.07) is 4.08. The van der Waals surface area contributed by atoms with Crippen molar-refractivity contribution >= 4 is 11.6 Å². The van der Waals surface area contributed by atoms with Crippen LogP contribution in [0.5, 0.6) is 11.5 Å². The molecule has 1 amide bonds. The summed E-state index contributed by atoms with van der Waals surface area (Å²) < 4.78 is 39.4. The van der Waals surface area contributed by atoms with Crippen molar-refractivity contribution in [2.45, 2.75) is 25.2 Å². The fourth-order valence-corrected chi connectivity index (χ4v) is 2.03. The van der Waals surface area contributed by atoms with Crippen molar-refractivity contribution in [1.82, 2.24) is 0 Å². The average Bonchev–Trinajstić information content (AvgIpc) is 2.93. The van der Waals surface area contributed by atoms with Crippen molar-refractivity contribution in [3.05, 3.63) is 18.2 Å². The topological polar surface area (TPSA) is 56.8 Å². The van der Waals surface area contributed by atoms with E-state index in [-0.39, 0.29) is 17.4 Å². The van der Waals surface area contributed by atoms with Crippen molar-refractivity contribution in [3.8, 4) is 11.5 Å². The smallest absolute Gasteiger partial charge is 0.395 e. The maximum Gasteiger partial charge on any atom is 0.586 e. The van der Waals surface area contributed by atoms with Crippen LogP contribution in [-0.2, 0) is 9.53 Å². The quantitative estimate of drug-likeness (QED) is 0.895. The number of anilines is 1. The predicted molar refractivity (Wildman–Crippen MR) is 60.2 cm³/mol. The van der Waals surface area contributed by atoms with Crippen LogP contribution in [0.1, 0.15) is 12.8 Å². The third kappa shape index (κ3) is 2.46. The molecule has 0 radical (unpaired) electrons. The minimum Gasteiger partial charge on any atom is -0.395 e. The number of halogens is 2. The van der Waals surface area contributed by atoms with Crippen molar-refractivity contribution in [3.63, 3.8) is 0 Å². The molecule has 1 saturated heterocycles. The third-order valence-electron chi connectivity index (χ3n) is 2.89. The Balaban J connectivity index is 1.71. The van der Waals surface area contributed by atoms with Crippen molar-refractivity contribution in [1.29, 1.82) is 0 Å². The molecule has 1 N–H and O–H groups in total. The second kappa shape index (κ2) is 4.34. The summed E-state index contributed by atoms with van der Waals surface area (Å²) in [5.41, 5.74) is 0.362. The summed E-state index contributed by atoms with van der Waals surface area (Å²) in [6.07, 6.45) is -2.63. The van der Waals surface area contributed by atoms with Gasteiger partial charge in [0.25, 0.3) is 5.91 Å². The average molecular weight is 271 g/mol. The molecule has 1 aromatic rings. The molecule has 2 heterocycles. The van der Waals surface area contributed by atoms with Crippen molar-refractivity contribution in [2.75, 3.05) is 11.9 Å². The standard InChI is InChI=1S/C12H11F2NO4/c13-12(14)18-8-4-3-7(6-10(8)19-12)15-11(16)9-2-1-5-17-9/h3-4,6,9H,1-2,5H2,(H,15,16)/t9-/m1/s1. The zero-order valence-electron chi connectivity index (χ0n) is 9.82. The highest BCUT2D eigenvalue weighted by atomic mass is 19.3. The molecule has 7 heteroatoms. The molecular formula is C12H11F2NO4. The van der Waals surface area contributed by atoms with Gasteiger partial charge in [0.1, 0.15) is 6.10 Å². The molecule has 0 aromatic heterocycles. The highest BCUT2D eigenvalue weighted by Gasteiger charge is 2.43. The highest BCUT2D eigenvalue weighted by molar-refractivity contribution is 5.94. The van der Waals surface area contributed by atoms with Gasteiger partial charge < -0.3 is 19.5 Å². The number of hydrogen-bond acceptors (Lipinski definition) is 4. The van der Waals surface area contributed by atoms with Crippen LogP contribution in [0.15, 0.2) is 18.2 Å². The molecule has 2 aliphatic heterocycles. The zero-order chi connectivity index (χ0) is 13.5. The van der Waals surface area contributed by atoms with Gasteiger partial charge >= 0.3 is 6.29 Å². The second-order valence-corrected chi connectivity index (χ2v) is 4.32. The van der Waals surface area contributed by atoms with Gasteiger partial charge in [-0.2, -0.15) is 0 Å². The van der Waals surface area contributed by atoms with Gasteiger partial charge in [0, 0.05) is 18.4 Å². The largest absolute Gasteiger partial charge is 0.586 e. The summed E-state index contributed by atoms with van der Waals surface area (Å²) in [6.45, 7) is 0.561. The second-order valence-electron chi connectivity index (χ2n) is 4.32. The van der Waals surface area contributed by atoms with Gasteiger partial charge in [0.2, 0.25) is 0 Å². The summed E-state index contributed by atoms with van der Waals surface area (Å²) >= 11 is 0. The number of hydrogen-bond donors (Lipinski definition) is 1. The summed E-state index contributed by atoms with van der Waals surface area (Å²) in [5, 5.41) is 2.60. The molecule has 0 saturated carbocycles. The summed E-state index contributed by atoms with van der Waals surface area (Å²) in [4.78, 5) is 11.8. The molecule has 1 aromatic carbocycles. The van der Waals surface area contributed by atoms with E-state index >= 15 is 0 Å². The van der Waals surface area contributed by atoms with Crippen LogP contribution in [0.3, 0.4) is 0 Å². The molecule has 3 rings (SSSR count). The summed E-state index contributed by atoms with van der Waals surface area (Å²) in [7, 11) is 0. The number of alkyl halides is 2. The molecule has 0 bridgehead atoms. The summed E-state index contributed by atoms with van der Waals surface area (Å²) in [5.74, 6) is -0.446. The molecule has 5 nitrogen and oxygen atoms in total. The number of benzene rings is 1. The lowest BCUT2D eigenvalue weighted by atomic mass is 10.2. The first-order valence-corrected chi connectivity index (χ1v) is 5.86. The van der Waals surface area contributed by atoms with E-state index in [1.165, 1.54) is 18.2 Å². The van der Waals surface area contributed by atoms with E-state index in [1.807, 2.05) is 0 Å². The number of carbonyl (C=O) groups excluding carboxylic acids is 1. The van der Waals surface area contributed by atoms with Crippen LogP contribution in [0, 0.1) is 0 Å². The van der Waals surface area contributed by atoms with Gasteiger partial charge in [-0.3, -0.25) is 4.79 Å². The number of ether oxygens (including phenoxy) is 3. The van der Waals surface area contributed by atoms with E-state index < -0.39 is 12.4 Å². The van der Waals surface area contributed by atoms with Crippen LogP contribution in [0.4, 0.5) is 14.5 Å². The molecule has 19 heavy (non-hydrogen) atoms. The number of fused-ring (bicyclic) bond motifs is 1. The predicted octanol–water partition coefficient (Wildman–Crippen LogP) is 2.13. The Hall–Kier alpha value is -1.89. The molecule has 0 spiro atoms. The van der Waals surface area contributed by atoms with Gasteiger partial charge in [-0.1, -0.05) is 0 Å². The van der Waals surface area contributed by atoms with E-state index in [0.717, 1.165) is 6.42 Å². The van der Waals surface area contributed by atoms with Gasteiger partial charge in [-0.05, 0) is 25.0 Å². The molecule has 0 unspecified atom stereocenters. The Bertz CT molecular complexity index is 514. The number of rotatable bonds is 2. The van der Waals surface area contributed by atoms with Crippen LogP contribution < -0.4 is 14.8 Å². The fourth-order valence-electron chi connectivity index (χ4n) is 2.03. The van der Waals surface area contributed by atoms with E-state index in [0.29, 0.717) is 18.7 Å². The fraction of sp³-hybridized carbons (Fsp3) is 0.417. The zero-order valence-corrected chi connectivity index (χ0v) is 9.82. The molecule has 2 aliphatic rings. The highest BCUT2D eigenvalue weighted by Crippen LogP contribution is 2.42. The van der Waals surface area contributed by atoms with Crippen LogP contribution in [-0.4, -0.2) is 24.9 Å². The molecule has 1 fully saturated rings. The molecule has 0 aliphatic carbocycles. The van der Waals surface area contributed by atoms with E-state index in [9.17, 15) is 13.6 Å². The normalized spacial score (nSPS) is 23.4. The first-order valence-electron chi connectivity index (χ1n) is 5.86. The Morgan fingerprint density at radius 1 is 1.32 bits per heavy atom. The monoisotopic (exact) mass is 271 g/mol. The van der Waals surface area contributed by atoms with Crippen LogP contribution in [0.2, 0.25) is 0 Å². The third-order valence-corrected chi connectivity index (χ3v) is 2.89. The lowest BCUT2D eigenvalue weighted by Gasteiger charge is -2.10. The minimum atomic E-state index is -3.65. The number of amides is 1. The molecule has 102 valence electrons. The minimum absolute atomic E-state index is 0.0554.